The Morgan fingerprint density at radius 2 is 1.58 bits per heavy atom. The number of nitrogens with one attached hydrogen (secondary N) is 1. The lowest BCUT2D eigenvalue weighted by atomic mass is 9.73. The van der Waals surface area contributed by atoms with Crippen LogP contribution >= 0.6 is 0 Å². The Hall–Kier alpha value is -2.40. The van der Waals surface area contributed by atoms with Gasteiger partial charge in [0.15, 0.2) is 23.0 Å². The molecule has 5 heteroatoms. The second kappa shape index (κ2) is 4.57. The lowest BCUT2D eigenvalue weighted by molar-refractivity contribution is 0.172. The highest BCUT2D eigenvalue weighted by molar-refractivity contribution is 5.56. The van der Waals surface area contributed by atoms with Crippen molar-refractivity contribution < 1.29 is 18.9 Å². The molecule has 2 aromatic rings. The van der Waals surface area contributed by atoms with E-state index in [0.717, 1.165) is 42.4 Å². The topological polar surface area (TPSA) is 49.0 Å². The average molecular weight is 323 g/mol. The largest absolute Gasteiger partial charge is 0.454 e. The summed E-state index contributed by atoms with van der Waals surface area (Å²) in [4.78, 5) is 0. The van der Waals surface area contributed by atoms with Crippen LogP contribution in [0.2, 0.25) is 0 Å². The number of fused-ring (bicyclic) bond motifs is 7. The summed E-state index contributed by atoms with van der Waals surface area (Å²) in [5.41, 5.74) is 5.40. The van der Waals surface area contributed by atoms with Crippen LogP contribution in [0.1, 0.15) is 28.2 Å². The molecule has 4 aliphatic rings. The molecule has 0 fully saturated rings. The Morgan fingerprint density at radius 1 is 0.833 bits per heavy atom. The minimum atomic E-state index is 0.326. The Labute approximate surface area is 139 Å². The highest BCUT2D eigenvalue weighted by Crippen LogP contribution is 2.46. The van der Waals surface area contributed by atoms with E-state index in [1.807, 2.05) is 0 Å². The van der Waals surface area contributed by atoms with Crippen LogP contribution in [0.4, 0.5) is 0 Å². The molecule has 6 rings (SSSR count). The van der Waals surface area contributed by atoms with Crippen molar-refractivity contribution in [2.45, 2.75) is 31.3 Å². The Balaban J connectivity index is 1.44. The van der Waals surface area contributed by atoms with Gasteiger partial charge in [-0.2, -0.15) is 0 Å². The summed E-state index contributed by atoms with van der Waals surface area (Å²) in [5, 5.41) is 3.71. The third-order valence-electron chi connectivity index (χ3n) is 5.68. The minimum absolute atomic E-state index is 0.326. The van der Waals surface area contributed by atoms with Gasteiger partial charge in [-0.05, 0) is 47.7 Å². The molecule has 2 aromatic carbocycles. The highest BCUT2D eigenvalue weighted by atomic mass is 16.7. The fraction of sp³-hybridized carbons (Fsp3) is 0.368. The van der Waals surface area contributed by atoms with Crippen molar-refractivity contribution in [1.82, 2.24) is 5.32 Å². The molecule has 0 spiro atoms. The van der Waals surface area contributed by atoms with Gasteiger partial charge in [0.25, 0.3) is 0 Å². The quantitative estimate of drug-likeness (QED) is 0.807. The number of hydrogen-bond donors (Lipinski definition) is 1. The highest BCUT2D eigenvalue weighted by Gasteiger charge is 2.37. The van der Waals surface area contributed by atoms with Crippen LogP contribution in [-0.4, -0.2) is 19.6 Å². The lowest BCUT2D eigenvalue weighted by Crippen LogP contribution is -2.44. The number of ether oxygens (including phenoxy) is 4. The zero-order chi connectivity index (χ0) is 15.7. The van der Waals surface area contributed by atoms with E-state index in [9.17, 15) is 0 Å². The van der Waals surface area contributed by atoms with Crippen LogP contribution in [0.3, 0.4) is 0 Å². The molecule has 0 bridgehead atoms. The average Bonchev–Trinajstić information content (AvgIpc) is 3.26. The summed E-state index contributed by atoms with van der Waals surface area (Å²) < 4.78 is 22.3. The number of hydrogen-bond acceptors (Lipinski definition) is 5. The first-order valence-corrected chi connectivity index (χ1v) is 8.43. The molecule has 3 heterocycles. The van der Waals surface area contributed by atoms with Gasteiger partial charge in [-0.3, -0.25) is 0 Å². The standard InChI is InChI=1S/C19H17NO4/c1-2-16-19(24-9-21-16)14-7-20-15-4-11-6-18-17(22-8-23-18)5-10(11)3-13(15)12(1)14/h1-2,5-6,13,15,20H,3-4,7-9H2/t13-,15-/m1/s1. The zero-order valence-corrected chi connectivity index (χ0v) is 13.1. The van der Waals surface area contributed by atoms with Crippen molar-refractivity contribution in [2.24, 2.45) is 0 Å². The summed E-state index contributed by atoms with van der Waals surface area (Å²) in [5.74, 6) is 4.01. The van der Waals surface area contributed by atoms with Crippen LogP contribution in [0.25, 0.3) is 0 Å². The van der Waals surface area contributed by atoms with E-state index in [1.54, 1.807) is 0 Å². The van der Waals surface area contributed by atoms with Crippen LogP contribution in [0.5, 0.6) is 23.0 Å². The Kier molecular flexibility index (Phi) is 2.47. The van der Waals surface area contributed by atoms with Crippen LogP contribution in [0.15, 0.2) is 24.3 Å². The molecule has 0 radical (unpaired) electrons. The van der Waals surface area contributed by atoms with Gasteiger partial charge in [-0.25, -0.2) is 0 Å². The fourth-order valence-electron chi connectivity index (χ4n) is 4.51. The predicted octanol–water partition coefficient (Wildman–Crippen LogP) is 2.50. The molecule has 1 N–H and O–H groups in total. The third-order valence-corrected chi connectivity index (χ3v) is 5.68. The van der Waals surface area contributed by atoms with Crippen molar-refractivity contribution in [3.8, 4) is 23.0 Å². The minimum Gasteiger partial charge on any atom is -0.454 e. The summed E-state index contributed by atoms with van der Waals surface area (Å²) in [7, 11) is 0. The van der Waals surface area contributed by atoms with Crippen LogP contribution in [0, 0.1) is 0 Å². The summed E-state index contributed by atoms with van der Waals surface area (Å²) >= 11 is 0. The molecule has 5 nitrogen and oxygen atoms in total. The van der Waals surface area contributed by atoms with Gasteiger partial charge >= 0.3 is 0 Å². The first kappa shape index (κ1) is 13.0. The summed E-state index contributed by atoms with van der Waals surface area (Å²) in [6.45, 7) is 1.49. The lowest BCUT2D eigenvalue weighted by Gasteiger charge is -2.39. The first-order valence-electron chi connectivity index (χ1n) is 8.43. The van der Waals surface area contributed by atoms with Gasteiger partial charge in [-0.1, -0.05) is 6.07 Å². The maximum absolute atomic E-state index is 5.71. The normalized spacial score (nSPS) is 25.0. The number of benzene rings is 2. The van der Waals surface area contributed by atoms with Crippen molar-refractivity contribution in [3.05, 3.63) is 46.5 Å². The molecule has 0 amide bonds. The maximum Gasteiger partial charge on any atom is 0.231 e. The summed E-state index contributed by atoms with van der Waals surface area (Å²) in [6, 6.07) is 9.04. The summed E-state index contributed by atoms with van der Waals surface area (Å²) in [6.07, 6.45) is 2.03. The van der Waals surface area contributed by atoms with Crippen LogP contribution in [-0.2, 0) is 19.4 Å². The van der Waals surface area contributed by atoms with E-state index in [4.69, 9.17) is 18.9 Å². The number of rotatable bonds is 0. The van der Waals surface area contributed by atoms with Gasteiger partial charge in [0.2, 0.25) is 13.6 Å². The maximum atomic E-state index is 5.71. The van der Waals surface area contributed by atoms with E-state index >= 15 is 0 Å². The molecule has 122 valence electrons. The van der Waals surface area contributed by atoms with E-state index in [2.05, 4.69) is 29.6 Å². The van der Waals surface area contributed by atoms with Crippen molar-refractivity contribution in [2.75, 3.05) is 13.6 Å². The predicted molar refractivity (Wildman–Crippen MR) is 85.9 cm³/mol. The first-order chi connectivity index (χ1) is 11.9. The molecule has 2 atom stereocenters. The van der Waals surface area contributed by atoms with E-state index in [1.165, 1.54) is 22.3 Å². The molecule has 0 unspecified atom stereocenters. The molecule has 0 saturated carbocycles. The Bertz CT molecular complexity index is 863. The SMILES string of the molecule is c1c2c(cc3c1OCO3)C[C@H]1NCc3c(ccc4c3OCO4)[C@H]1C2. The molecular formula is C19H17NO4. The molecule has 24 heavy (non-hydrogen) atoms. The fourth-order valence-corrected chi connectivity index (χ4v) is 4.51. The van der Waals surface area contributed by atoms with E-state index in [-0.39, 0.29) is 0 Å². The van der Waals surface area contributed by atoms with Gasteiger partial charge in [0.1, 0.15) is 0 Å². The van der Waals surface area contributed by atoms with Crippen LogP contribution < -0.4 is 24.3 Å². The molecule has 3 aliphatic heterocycles. The molecule has 0 aromatic heterocycles. The zero-order valence-electron chi connectivity index (χ0n) is 13.1. The van der Waals surface area contributed by atoms with Gasteiger partial charge < -0.3 is 24.3 Å². The Morgan fingerprint density at radius 3 is 2.46 bits per heavy atom. The molecule has 0 saturated heterocycles. The van der Waals surface area contributed by atoms with Gasteiger partial charge in [0, 0.05) is 24.1 Å². The third kappa shape index (κ3) is 1.68. The smallest absolute Gasteiger partial charge is 0.231 e. The van der Waals surface area contributed by atoms with E-state index < -0.39 is 0 Å². The second-order valence-corrected chi connectivity index (χ2v) is 6.84. The van der Waals surface area contributed by atoms with E-state index in [0.29, 0.717) is 25.5 Å². The monoisotopic (exact) mass is 323 g/mol. The van der Waals surface area contributed by atoms with Crippen molar-refractivity contribution >= 4 is 0 Å². The molecule has 1 aliphatic carbocycles. The molecular weight excluding hydrogens is 306 g/mol. The van der Waals surface area contributed by atoms with Gasteiger partial charge in [0.05, 0.1) is 0 Å². The van der Waals surface area contributed by atoms with Crippen molar-refractivity contribution in [3.63, 3.8) is 0 Å². The van der Waals surface area contributed by atoms with Gasteiger partial charge in [-0.15, -0.1) is 0 Å². The second-order valence-electron chi connectivity index (χ2n) is 6.84. The van der Waals surface area contributed by atoms with Crippen molar-refractivity contribution in [1.29, 1.82) is 0 Å².